The zero-order valence-electron chi connectivity index (χ0n) is 25.0. The number of carboxylic acids is 1. The first-order chi connectivity index (χ1) is 22.7. The Labute approximate surface area is 271 Å². The number of benzene rings is 3. The molecular formula is C33H28ClF2N5O6. The van der Waals surface area contributed by atoms with E-state index in [1.54, 1.807) is 29.7 Å². The van der Waals surface area contributed by atoms with E-state index in [1.807, 2.05) is 12.1 Å². The van der Waals surface area contributed by atoms with Gasteiger partial charge in [0.25, 0.3) is 5.79 Å². The van der Waals surface area contributed by atoms with Crippen LogP contribution in [0.1, 0.15) is 34.4 Å². The van der Waals surface area contributed by atoms with E-state index >= 15 is 4.39 Å². The summed E-state index contributed by atoms with van der Waals surface area (Å²) in [6.45, 7) is 4.37. The Morgan fingerprint density at radius 1 is 1.06 bits per heavy atom. The molecule has 14 heteroatoms. The Balaban J connectivity index is 1.09. The van der Waals surface area contributed by atoms with Crippen LogP contribution in [0.3, 0.4) is 0 Å². The number of piperazine rings is 1. The number of rotatable bonds is 7. The zero-order valence-corrected chi connectivity index (χ0v) is 25.8. The number of ether oxygens (including phenoxy) is 3. The highest BCUT2D eigenvalue weighted by molar-refractivity contribution is 6.30. The summed E-state index contributed by atoms with van der Waals surface area (Å²) in [5.41, 5.74) is 1.90. The lowest BCUT2D eigenvalue weighted by atomic mass is 10.0. The molecule has 2 saturated heterocycles. The molecule has 0 spiro atoms. The Morgan fingerprint density at radius 2 is 1.91 bits per heavy atom. The number of fused-ring (bicyclic) bond motifs is 3. The summed E-state index contributed by atoms with van der Waals surface area (Å²) in [7, 11) is 0. The van der Waals surface area contributed by atoms with Crippen LogP contribution in [0.15, 0.2) is 65.6 Å². The first-order valence-corrected chi connectivity index (χ1v) is 15.4. The summed E-state index contributed by atoms with van der Waals surface area (Å²) < 4.78 is 55.7. The molecule has 47 heavy (non-hydrogen) atoms. The van der Waals surface area contributed by atoms with E-state index < -0.39 is 23.4 Å². The first kappa shape index (κ1) is 29.7. The molecule has 0 bridgehead atoms. The lowest BCUT2D eigenvalue weighted by Gasteiger charge is -2.44. The quantitative estimate of drug-likeness (QED) is 0.242. The van der Waals surface area contributed by atoms with Crippen LogP contribution in [-0.2, 0) is 23.6 Å². The summed E-state index contributed by atoms with van der Waals surface area (Å²) in [4.78, 5) is 25.1. The second-order valence-electron chi connectivity index (χ2n) is 11.9. The van der Waals surface area contributed by atoms with Crippen LogP contribution in [0.5, 0.6) is 11.5 Å². The van der Waals surface area contributed by atoms with Crippen molar-refractivity contribution in [1.29, 1.82) is 0 Å². The van der Waals surface area contributed by atoms with Gasteiger partial charge in [0.2, 0.25) is 0 Å². The third kappa shape index (κ3) is 5.05. The van der Waals surface area contributed by atoms with E-state index in [0.29, 0.717) is 61.4 Å². The van der Waals surface area contributed by atoms with Crippen molar-refractivity contribution in [3.8, 4) is 11.5 Å². The van der Waals surface area contributed by atoms with Gasteiger partial charge in [-0.15, -0.1) is 0 Å². The van der Waals surface area contributed by atoms with E-state index in [2.05, 4.69) is 19.8 Å². The smallest absolute Gasteiger partial charge is 0.335 e. The molecule has 1 N–H and O–H groups in total. The van der Waals surface area contributed by atoms with Gasteiger partial charge in [-0.3, -0.25) is 4.90 Å². The Morgan fingerprint density at radius 3 is 2.70 bits per heavy atom. The van der Waals surface area contributed by atoms with Crippen LogP contribution in [0, 0.1) is 11.6 Å². The number of hydrogen-bond acceptors (Lipinski definition) is 9. The number of anilines is 1. The van der Waals surface area contributed by atoms with Gasteiger partial charge < -0.3 is 33.2 Å². The normalized spacial score (nSPS) is 22.3. The summed E-state index contributed by atoms with van der Waals surface area (Å²) in [6.07, 6.45) is 2.80. The minimum absolute atomic E-state index is 0.0539. The number of halogens is 3. The molecule has 0 unspecified atom stereocenters. The number of hydrogen-bond donors (Lipinski definition) is 1. The number of nitrogens with zero attached hydrogens (tertiary/aromatic N) is 5. The third-order valence-corrected chi connectivity index (χ3v) is 9.32. The van der Waals surface area contributed by atoms with E-state index in [4.69, 9.17) is 30.2 Å². The second-order valence-corrected chi connectivity index (χ2v) is 12.4. The van der Waals surface area contributed by atoms with Gasteiger partial charge in [0.1, 0.15) is 23.4 Å². The molecule has 0 radical (unpaired) electrons. The van der Waals surface area contributed by atoms with Crippen LogP contribution < -0.4 is 14.4 Å². The van der Waals surface area contributed by atoms with Gasteiger partial charge in [-0.25, -0.2) is 23.5 Å². The highest BCUT2D eigenvalue weighted by atomic mass is 35.5. The number of carbonyl (C=O) groups is 1. The second kappa shape index (κ2) is 11.2. The number of imidazole rings is 1. The van der Waals surface area contributed by atoms with Crippen LogP contribution >= 0.6 is 11.6 Å². The molecule has 2 aromatic heterocycles. The van der Waals surface area contributed by atoms with Gasteiger partial charge in [0.15, 0.2) is 23.7 Å². The highest BCUT2D eigenvalue weighted by Gasteiger charge is 2.46. The lowest BCUT2D eigenvalue weighted by Crippen LogP contribution is -2.59. The molecule has 11 nitrogen and oxygen atoms in total. The highest BCUT2D eigenvalue weighted by Crippen LogP contribution is 2.51. The summed E-state index contributed by atoms with van der Waals surface area (Å²) in [6, 6.07) is 12.3. The van der Waals surface area contributed by atoms with Crippen molar-refractivity contribution in [3.63, 3.8) is 0 Å². The molecule has 3 aromatic carbocycles. The fourth-order valence-corrected chi connectivity index (χ4v) is 7.02. The number of oxazole rings is 1. The van der Waals surface area contributed by atoms with Gasteiger partial charge in [0, 0.05) is 25.0 Å². The first-order valence-electron chi connectivity index (χ1n) is 15.0. The summed E-state index contributed by atoms with van der Waals surface area (Å²) in [5, 5.41) is 9.86. The van der Waals surface area contributed by atoms with Crippen molar-refractivity contribution in [3.05, 3.63) is 100 Å². The van der Waals surface area contributed by atoms with Gasteiger partial charge in [-0.1, -0.05) is 17.7 Å². The van der Waals surface area contributed by atoms with Crippen LogP contribution in [0.25, 0.3) is 11.0 Å². The van der Waals surface area contributed by atoms with Crippen molar-refractivity contribution < 1.29 is 37.3 Å². The van der Waals surface area contributed by atoms with Crippen molar-refractivity contribution in [2.45, 2.75) is 37.9 Å². The maximum atomic E-state index is 15.2. The molecule has 2 fully saturated rings. The maximum Gasteiger partial charge on any atom is 0.335 e. The van der Waals surface area contributed by atoms with Crippen molar-refractivity contribution in [2.75, 3.05) is 31.2 Å². The minimum Gasteiger partial charge on any atom is -0.478 e. The summed E-state index contributed by atoms with van der Waals surface area (Å²) in [5.74, 6) is -2.28. The predicted octanol–water partition coefficient (Wildman–Crippen LogP) is 5.44. The molecule has 3 aliphatic rings. The van der Waals surface area contributed by atoms with Crippen molar-refractivity contribution >= 4 is 34.3 Å². The fourth-order valence-electron chi connectivity index (χ4n) is 6.86. The van der Waals surface area contributed by atoms with Crippen LogP contribution in [0.4, 0.5) is 14.5 Å². The predicted molar refractivity (Wildman–Crippen MR) is 165 cm³/mol. The van der Waals surface area contributed by atoms with Gasteiger partial charge in [-0.05, 0) is 42.5 Å². The van der Waals surface area contributed by atoms with Gasteiger partial charge in [0.05, 0.1) is 66.4 Å². The number of aromatic carboxylic acids is 1. The fraction of sp³-hybridized carbons (Fsp3) is 0.303. The monoisotopic (exact) mass is 663 g/mol. The molecule has 3 atom stereocenters. The van der Waals surface area contributed by atoms with E-state index in [1.165, 1.54) is 24.8 Å². The molecule has 242 valence electrons. The van der Waals surface area contributed by atoms with Crippen LogP contribution in [-0.4, -0.2) is 68.9 Å². The average Bonchev–Trinajstić information content (AvgIpc) is 3.84. The number of carboxylic acid groups (broad SMARTS) is 1. The van der Waals surface area contributed by atoms with E-state index in [9.17, 15) is 14.3 Å². The van der Waals surface area contributed by atoms with Crippen molar-refractivity contribution in [1.82, 2.24) is 19.4 Å². The lowest BCUT2D eigenvalue weighted by molar-refractivity contribution is -0.0705. The van der Waals surface area contributed by atoms with Gasteiger partial charge in [-0.2, -0.15) is 0 Å². The molecule has 3 aliphatic heterocycles. The van der Waals surface area contributed by atoms with E-state index in [-0.39, 0.29) is 40.3 Å². The standard InChI is InChI=1S/C33H28ClF2N5O6/c1-33(21-6-5-19(34)11-22(21)35)46-28-4-2-3-24(31(28)47-33)40-8-7-39(26-15-44-16-27(26)40)13-29-38-30-23(36)9-18(32(42)43)10-25(30)41(29)12-20-14-45-17-37-20/h2-6,9-11,14,17,26-27H,7-8,12-13,15-16H2,1H3,(H,42,43)/t26-,27+,33-/m0/s1. The topological polar surface area (TPSA) is 115 Å². The number of para-hydroxylation sites is 1. The molecule has 5 aromatic rings. The molecule has 0 saturated carbocycles. The SMILES string of the molecule is C[C@]1(c2ccc(Cl)cc2F)Oc2cccc(N3CCN(Cc4nc5c(F)cc(C(=O)O)cc5n4Cc4cocn4)[C@H]4COC[C@H]43)c2O1. The third-order valence-electron chi connectivity index (χ3n) is 9.09. The largest absolute Gasteiger partial charge is 0.478 e. The Kier molecular flexibility index (Phi) is 7.08. The Bertz CT molecular complexity index is 2020. The molecule has 0 amide bonds. The number of aromatic nitrogens is 3. The van der Waals surface area contributed by atoms with Crippen molar-refractivity contribution in [2.24, 2.45) is 0 Å². The van der Waals surface area contributed by atoms with Gasteiger partial charge >= 0.3 is 5.97 Å². The molecule has 0 aliphatic carbocycles. The molecule has 8 rings (SSSR count). The average molecular weight is 664 g/mol. The zero-order chi connectivity index (χ0) is 32.4. The molecular weight excluding hydrogens is 636 g/mol. The summed E-state index contributed by atoms with van der Waals surface area (Å²) >= 11 is 5.99. The maximum absolute atomic E-state index is 15.2. The minimum atomic E-state index is -1.39. The van der Waals surface area contributed by atoms with Crippen LogP contribution in [0.2, 0.25) is 5.02 Å². The Hall–Kier alpha value is -4.72. The van der Waals surface area contributed by atoms with E-state index in [0.717, 1.165) is 11.8 Å². The molecule has 5 heterocycles.